The summed E-state index contributed by atoms with van der Waals surface area (Å²) in [5.41, 5.74) is 5.51. The number of nitrogens with zero attached hydrogens (tertiary/aromatic N) is 1. The Labute approximate surface area is 99.0 Å². The molecule has 1 heterocycles. The van der Waals surface area contributed by atoms with Gasteiger partial charge in [0.2, 0.25) is 0 Å². The molecule has 2 fully saturated rings. The smallest absolute Gasteiger partial charge is 0.0740 e. The van der Waals surface area contributed by atoms with Crippen molar-refractivity contribution >= 4 is 0 Å². The molecule has 2 aliphatic rings. The molecular formula is C13H26N2O. The Morgan fingerprint density at radius 2 is 1.94 bits per heavy atom. The Balaban J connectivity index is 2.14. The van der Waals surface area contributed by atoms with Crippen molar-refractivity contribution in [2.24, 2.45) is 17.1 Å². The molecular weight excluding hydrogens is 200 g/mol. The van der Waals surface area contributed by atoms with Gasteiger partial charge in [-0.1, -0.05) is 13.3 Å². The minimum absolute atomic E-state index is 0.00762. The van der Waals surface area contributed by atoms with E-state index in [4.69, 9.17) is 5.73 Å². The van der Waals surface area contributed by atoms with E-state index in [2.05, 4.69) is 18.9 Å². The first kappa shape index (κ1) is 12.3. The highest BCUT2D eigenvalue weighted by molar-refractivity contribution is 5.05. The van der Waals surface area contributed by atoms with Gasteiger partial charge < -0.3 is 15.7 Å². The summed E-state index contributed by atoms with van der Waals surface area (Å²) in [6.07, 6.45) is 5.25. The Bertz CT molecular complexity index is 248. The van der Waals surface area contributed by atoms with Gasteiger partial charge in [0, 0.05) is 25.0 Å². The summed E-state index contributed by atoms with van der Waals surface area (Å²) < 4.78 is 0. The van der Waals surface area contributed by atoms with Crippen LogP contribution in [0.5, 0.6) is 0 Å². The molecule has 0 aromatic heterocycles. The molecule has 16 heavy (non-hydrogen) atoms. The molecule has 3 nitrogen and oxygen atoms in total. The fourth-order valence-corrected chi connectivity index (χ4v) is 3.71. The second-order valence-electron chi connectivity index (χ2n) is 6.17. The Kier molecular flexibility index (Phi) is 3.30. The van der Waals surface area contributed by atoms with Gasteiger partial charge in [0.15, 0.2) is 0 Å². The van der Waals surface area contributed by atoms with Crippen molar-refractivity contribution in [3.63, 3.8) is 0 Å². The highest BCUT2D eigenvalue weighted by atomic mass is 16.3. The molecule has 3 N–H and O–H groups in total. The number of hydrogen-bond acceptors (Lipinski definition) is 3. The lowest BCUT2D eigenvalue weighted by Crippen LogP contribution is -2.56. The van der Waals surface area contributed by atoms with Gasteiger partial charge in [-0.2, -0.15) is 0 Å². The van der Waals surface area contributed by atoms with Crippen LogP contribution in [0.25, 0.3) is 0 Å². The SMILES string of the molecule is CC1CCC(CN)(C2(O)CCN(C)CC2)C1. The number of piperidine rings is 1. The molecule has 2 atom stereocenters. The molecule has 94 valence electrons. The molecule has 0 radical (unpaired) electrons. The van der Waals surface area contributed by atoms with E-state index in [1.165, 1.54) is 6.42 Å². The maximum Gasteiger partial charge on any atom is 0.0740 e. The van der Waals surface area contributed by atoms with Crippen LogP contribution in [0.4, 0.5) is 0 Å². The maximum atomic E-state index is 11.0. The molecule has 1 aliphatic heterocycles. The van der Waals surface area contributed by atoms with Crippen LogP contribution in [0.15, 0.2) is 0 Å². The molecule has 3 heteroatoms. The quantitative estimate of drug-likeness (QED) is 0.744. The summed E-state index contributed by atoms with van der Waals surface area (Å²) in [7, 11) is 2.13. The lowest BCUT2D eigenvalue weighted by atomic mass is 9.65. The van der Waals surface area contributed by atoms with E-state index >= 15 is 0 Å². The summed E-state index contributed by atoms with van der Waals surface area (Å²) >= 11 is 0. The lowest BCUT2D eigenvalue weighted by molar-refractivity contribution is -0.114. The topological polar surface area (TPSA) is 49.5 Å². The van der Waals surface area contributed by atoms with Gasteiger partial charge in [-0.25, -0.2) is 0 Å². The van der Waals surface area contributed by atoms with Crippen LogP contribution in [-0.2, 0) is 0 Å². The molecule has 0 spiro atoms. The second kappa shape index (κ2) is 4.28. The number of nitrogens with two attached hydrogens (primary N) is 1. The summed E-state index contributed by atoms with van der Waals surface area (Å²) in [6, 6.07) is 0. The average Bonchev–Trinajstić information content (AvgIpc) is 2.66. The van der Waals surface area contributed by atoms with Crippen molar-refractivity contribution in [3.8, 4) is 0 Å². The Morgan fingerprint density at radius 1 is 1.31 bits per heavy atom. The maximum absolute atomic E-state index is 11.0. The van der Waals surface area contributed by atoms with Crippen LogP contribution >= 0.6 is 0 Å². The van der Waals surface area contributed by atoms with Crippen molar-refractivity contribution in [3.05, 3.63) is 0 Å². The van der Waals surface area contributed by atoms with Crippen molar-refractivity contribution in [1.29, 1.82) is 0 Å². The van der Waals surface area contributed by atoms with E-state index in [1.807, 2.05) is 0 Å². The summed E-state index contributed by atoms with van der Waals surface area (Å²) in [4.78, 5) is 2.30. The van der Waals surface area contributed by atoms with Crippen molar-refractivity contribution in [2.45, 2.75) is 44.6 Å². The first-order valence-corrected chi connectivity index (χ1v) is 6.62. The monoisotopic (exact) mass is 226 g/mol. The molecule has 1 saturated heterocycles. The van der Waals surface area contributed by atoms with Crippen molar-refractivity contribution < 1.29 is 5.11 Å². The Morgan fingerprint density at radius 3 is 2.38 bits per heavy atom. The van der Waals surface area contributed by atoms with Gasteiger partial charge >= 0.3 is 0 Å². The van der Waals surface area contributed by atoms with Gasteiger partial charge in [0.25, 0.3) is 0 Å². The number of aliphatic hydroxyl groups is 1. The first-order valence-electron chi connectivity index (χ1n) is 6.62. The zero-order chi connectivity index (χ0) is 11.8. The minimum atomic E-state index is -0.501. The third kappa shape index (κ3) is 1.89. The van der Waals surface area contributed by atoms with E-state index in [9.17, 15) is 5.11 Å². The van der Waals surface area contributed by atoms with E-state index in [-0.39, 0.29) is 5.41 Å². The fraction of sp³-hybridized carbons (Fsp3) is 1.00. The summed E-state index contributed by atoms with van der Waals surface area (Å²) in [5, 5.41) is 11.0. The van der Waals surface area contributed by atoms with E-state index < -0.39 is 5.60 Å². The van der Waals surface area contributed by atoms with E-state index in [1.54, 1.807) is 0 Å². The highest BCUT2D eigenvalue weighted by Gasteiger charge is 2.52. The normalized spacial score (nSPS) is 40.1. The number of likely N-dealkylation sites (tertiary alicyclic amines) is 1. The van der Waals surface area contributed by atoms with Crippen LogP contribution in [0.3, 0.4) is 0 Å². The van der Waals surface area contributed by atoms with Crippen LogP contribution in [0.2, 0.25) is 0 Å². The number of hydrogen-bond donors (Lipinski definition) is 2. The van der Waals surface area contributed by atoms with Gasteiger partial charge in [0.05, 0.1) is 5.60 Å². The van der Waals surface area contributed by atoms with Crippen LogP contribution in [0, 0.1) is 11.3 Å². The summed E-state index contributed by atoms with van der Waals surface area (Å²) in [6.45, 7) is 4.95. The van der Waals surface area contributed by atoms with Gasteiger partial charge in [-0.05, 0) is 38.6 Å². The second-order valence-corrected chi connectivity index (χ2v) is 6.17. The molecule has 1 aliphatic carbocycles. The molecule has 0 bridgehead atoms. The van der Waals surface area contributed by atoms with Crippen LogP contribution in [0.1, 0.15) is 39.0 Å². The molecule has 2 rings (SSSR count). The molecule has 0 amide bonds. The predicted octanol–water partition coefficient (Wildman–Crippen LogP) is 1.21. The zero-order valence-corrected chi connectivity index (χ0v) is 10.7. The van der Waals surface area contributed by atoms with Gasteiger partial charge in [-0.3, -0.25) is 0 Å². The molecule has 2 unspecified atom stereocenters. The first-order chi connectivity index (χ1) is 7.51. The van der Waals surface area contributed by atoms with Crippen LogP contribution < -0.4 is 5.73 Å². The van der Waals surface area contributed by atoms with E-state index in [0.29, 0.717) is 6.54 Å². The predicted molar refractivity (Wildman–Crippen MR) is 66.2 cm³/mol. The average molecular weight is 226 g/mol. The lowest BCUT2D eigenvalue weighted by Gasteiger charge is -2.49. The third-order valence-corrected chi connectivity index (χ3v) is 5.05. The number of rotatable bonds is 2. The highest BCUT2D eigenvalue weighted by Crippen LogP contribution is 2.51. The summed E-state index contributed by atoms with van der Waals surface area (Å²) in [5.74, 6) is 0.729. The molecule has 0 aromatic carbocycles. The molecule has 0 aromatic rings. The van der Waals surface area contributed by atoms with Crippen molar-refractivity contribution in [2.75, 3.05) is 26.7 Å². The minimum Gasteiger partial charge on any atom is -0.389 e. The van der Waals surface area contributed by atoms with Gasteiger partial charge in [-0.15, -0.1) is 0 Å². The van der Waals surface area contributed by atoms with E-state index in [0.717, 1.165) is 44.7 Å². The third-order valence-electron chi connectivity index (χ3n) is 5.05. The largest absolute Gasteiger partial charge is 0.389 e. The molecule has 1 saturated carbocycles. The van der Waals surface area contributed by atoms with Gasteiger partial charge in [0.1, 0.15) is 0 Å². The standard InChI is InChI=1S/C13H26N2O/c1-11-3-4-12(9-11,10-14)13(16)5-7-15(2)8-6-13/h11,16H,3-10,14H2,1-2H3. The van der Waals surface area contributed by atoms with Crippen molar-refractivity contribution in [1.82, 2.24) is 4.90 Å². The Hall–Kier alpha value is -0.120. The van der Waals surface area contributed by atoms with Crippen LogP contribution in [-0.4, -0.2) is 42.3 Å². The fourth-order valence-electron chi connectivity index (χ4n) is 3.71. The zero-order valence-electron chi connectivity index (χ0n) is 10.7.